The van der Waals surface area contributed by atoms with Gasteiger partial charge in [0.1, 0.15) is 5.75 Å². The number of rotatable bonds is 2. The molecule has 1 heterocycles. The van der Waals surface area contributed by atoms with E-state index in [4.69, 9.17) is 16.3 Å². The van der Waals surface area contributed by atoms with Gasteiger partial charge in [0.2, 0.25) is 0 Å². The van der Waals surface area contributed by atoms with Crippen molar-refractivity contribution < 1.29 is 4.74 Å². The Bertz CT molecular complexity index is 466. The lowest BCUT2D eigenvalue weighted by molar-refractivity contribution is 0.251. The highest BCUT2D eigenvalue weighted by molar-refractivity contribution is 6.21. The van der Waals surface area contributed by atoms with Crippen molar-refractivity contribution in [2.24, 2.45) is 11.3 Å². The Morgan fingerprint density at radius 1 is 1.32 bits per heavy atom. The largest absolute Gasteiger partial charge is 0.493 e. The second kappa shape index (κ2) is 5.01. The average Bonchev–Trinajstić information content (AvgIpc) is 2.77. The molecule has 0 saturated heterocycles. The van der Waals surface area contributed by atoms with Crippen molar-refractivity contribution in [1.82, 2.24) is 0 Å². The second-order valence-electron chi connectivity index (χ2n) is 6.71. The predicted molar refractivity (Wildman–Crippen MR) is 80.0 cm³/mol. The van der Waals surface area contributed by atoms with Crippen LogP contribution in [0, 0.1) is 11.3 Å². The summed E-state index contributed by atoms with van der Waals surface area (Å²) in [7, 11) is 0. The van der Waals surface area contributed by atoms with Gasteiger partial charge in [-0.1, -0.05) is 32.4 Å². The smallest absolute Gasteiger partial charge is 0.122 e. The van der Waals surface area contributed by atoms with E-state index in [-0.39, 0.29) is 5.38 Å². The highest BCUT2D eigenvalue weighted by Gasteiger charge is 2.39. The molecule has 1 fully saturated rings. The van der Waals surface area contributed by atoms with E-state index in [2.05, 4.69) is 32.0 Å². The average molecular weight is 279 g/mol. The monoisotopic (exact) mass is 278 g/mol. The van der Waals surface area contributed by atoms with Gasteiger partial charge in [0.25, 0.3) is 0 Å². The zero-order valence-electron chi connectivity index (χ0n) is 11.9. The van der Waals surface area contributed by atoms with Crippen molar-refractivity contribution in [1.29, 1.82) is 0 Å². The van der Waals surface area contributed by atoms with E-state index >= 15 is 0 Å². The van der Waals surface area contributed by atoms with E-state index in [1.54, 1.807) is 0 Å². The zero-order valence-corrected chi connectivity index (χ0v) is 12.7. The highest BCUT2D eigenvalue weighted by atomic mass is 35.5. The van der Waals surface area contributed by atoms with Crippen LogP contribution in [-0.4, -0.2) is 6.61 Å². The second-order valence-corrected chi connectivity index (χ2v) is 7.18. The molecular formula is C17H23ClO. The third kappa shape index (κ3) is 2.50. The Morgan fingerprint density at radius 2 is 2.16 bits per heavy atom. The van der Waals surface area contributed by atoms with Crippen molar-refractivity contribution in [3.05, 3.63) is 29.3 Å². The lowest BCUT2D eigenvalue weighted by Crippen LogP contribution is -2.21. The third-order valence-electron chi connectivity index (χ3n) is 4.94. The van der Waals surface area contributed by atoms with Gasteiger partial charge in [-0.05, 0) is 54.2 Å². The molecule has 2 heteroatoms. The molecule has 0 spiro atoms. The molecule has 0 aromatic heterocycles. The quantitative estimate of drug-likeness (QED) is 0.683. The van der Waals surface area contributed by atoms with Crippen molar-refractivity contribution in [2.45, 2.75) is 51.3 Å². The van der Waals surface area contributed by atoms with Gasteiger partial charge in [-0.3, -0.25) is 0 Å². The van der Waals surface area contributed by atoms with E-state index in [0.717, 1.165) is 25.2 Å². The molecule has 1 aromatic rings. The van der Waals surface area contributed by atoms with E-state index < -0.39 is 0 Å². The molecule has 3 rings (SSSR count). The molecule has 2 aliphatic rings. The molecule has 2 atom stereocenters. The van der Waals surface area contributed by atoms with Crippen LogP contribution in [0.5, 0.6) is 5.75 Å². The Hall–Kier alpha value is -0.690. The van der Waals surface area contributed by atoms with Crippen LogP contribution >= 0.6 is 11.6 Å². The molecule has 0 radical (unpaired) electrons. The number of ether oxygens (including phenoxy) is 1. The lowest BCUT2D eigenvalue weighted by Gasteiger charge is -2.31. The first-order valence-electron chi connectivity index (χ1n) is 7.48. The third-order valence-corrected chi connectivity index (χ3v) is 5.50. The topological polar surface area (TPSA) is 9.23 Å². The number of hydrogen-bond acceptors (Lipinski definition) is 1. The van der Waals surface area contributed by atoms with Gasteiger partial charge in [0, 0.05) is 0 Å². The number of aryl methyl sites for hydroxylation is 1. The Balaban J connectivity index is 1.85. The van der Waals surface area contributed by atoms with Gasteiger partial charge in [-0.2, -0.15) is 0 Å². The van der Waals surface area contributed by atoms with Crippen molar-refractivity contribution in [3.8, 4) is 5.75 Å². The van der Waals surface area contributed by atoms with Gasteiger partial charge in [-0.25, -0.2) is 0 Å². The number of hydrogen-bond donors (Lipinski definition) is 0. The minimum Gasteiger partial charge on any atom is -0.493 e. The fraction of sp³-hybridized carbons (Fsp3) is 0.647. The lowest BCUT2D eigenvalue weighted by atomic mass is 9.78. The van der Waals surface area contributed by atoms with Crippen LogP contribution in [0.2, 0.25) is 0 Å². The van der Waals surface area contributed by atoms with Crippen LogP contribution in [0.3, 0.4) is 0 Å². The molecular weight excluding hydrogens is 256 g/mol. The fourth-order valence-corrected chi connectivity index (χ4v) is 4.28. The van der Waals surface area contributed by atoms with Crippen LogP contribution in [0.4, 0.5) is 0 Å². The van der Waals surface area contributed by atoms with Gasteiger partial charge in [-0.15, -0.1) is 11.6 Å². The van der Waals surface area contributed by atoms with Crippen molar-refractivity contribution in [3.63, 3.8) is 0 Å². The highest BCUT2D eigenvalue weighted by Crippen LogP contribution is 2.51. The fourth-order valence-electron chi connectivity index (χ4n) is 3.68. The van der Waals surface area contributed by atoms with Gasteiger partial charge in [0.05, 0.1) is 12.0 Å². The number of benzene rings is 1. The van der Waals surface area contributed by atoms with Crippen LogP contribution < -0.4 is 4.74 Å². The summed E-state index contributed by atoms with van der Waals surface area (Å²) in [6.07, 6.45) is 6.12. The van der Waals surface area contributed by atoms with E-state index in [9.17, 15) is 0 Å². The minimum atomic E-state index is 0.143. The predicted octanol–water partition coefficient (Wildman–Crippen LogP) is 5.12. The molecule has 1 aromatic carbocycles. The molecule has 19 heavy (non-hydrogen) atoms. The number of fused-ring (bicyclic) bond motifs is 1. The molecule has 1 saturated carbocycles. The first-order valence-corrected chi connectivity index (χ1v) is 7.91. The first kappa shape index (κ1) is 13.3. The standard InChI is InChI=1S/C17H23ClO/c1-17(2)9-3-6-14(17)16(18)13-7-8-15-12(11-13)5-4-10-19-15/h7-8,11,14,16H,3-6,9-10H2,1-2H3. The molecule has 0 amide bonds. The molecule has 1 nitrogen and oxygen atoms in total. The maximum atomic E-state index is 6.80. The van der Waals surface area contributed by atoms with E-state index in [0.29, 0.717) is 11.3 Å². The Kier molecular flexibility index (Phi) is 3.51. The summed E-state index contributed by atoms with van der Waals surface area (Å²) in [5.41, 5.74) is 3.00. The first-order chi connectivity index (χ1) is 9.08. The summed E-state index contributed by atoms with van der Waals surface area (Å²) in [5.74, 6) is 1.65. The molecule has 0 bridgehead atoms. The van der Waals surface area contributed by atoms with E-state index in [1.807, 2.05) is 0 Å². The minimum absolute atomic E-state index is 0.143. The number of halogens is 1. The van der Waals surface area contributed by atoms with Gasteiger partial charge >= 0.3 is 0 Å². The summed E-state index contributed by atoms with van der Waals surface area (Å²) in [5, 5.41) is 0.143. The maximum absolute atomic E-state index is 6.80. The molecule has 1 aliphatic carbocycles. The number of alkyl halides is 1. The van der Waals surface area contributed by atoms with Crippen LogP contribution in [0.1, 0.15) is 56.0 Å². The van der Waals surface area contributed by atoms with Gasteiger partial charge < -0.3 is 4.74 Å². The summed E-state index contributed by atoms with van der Waals surface area (Å²) < 4.78 is 5.68. The zero-order chi connectivity index (χ0) is 13.5. The maximum Gasteiger partial charge on any atom is 0.122 e. The Morgan fingerprint density at radius 3 is 2.89 bits per heavy atom. The van der Waals surface area contributed by atoms with Crippen LogP contribution in [0.15, 0.2) is 18.2 Å². The molecule has 104 valence electrons. The Labute approximate surface area is 121 Å². The van der Waals surface area contributed by atoms with Crippen molar-refractivity contribution in [2.75, 3.05) is 6.61 Å². The SMILES string of the molecule is CC1(C)CCCC1C(Cl)c1ccc2c(c1)CCCO2. The molecule has 2 unspecified atom stereocenters. The van der Waals surface area contributed by atoms with Crippen LogP contribution in [0.25, 0.3) is 0 Å². The summed E-state index contributed by atoms with van der Waals surface area (Å²) in [4.78, 5) is 0. The molecule has 0 N–H and O–H groups in total. The molecule has 1 aliphatic heterocycles. The van der Waals surface area contributed by atoms with Crippen LogP contribution in [-0.2, 0) is 6.42 Å². The normalized spacial score (nSPS) is 26.6. The van der Waals surface area contributed by atoms with Crippen molar-refractivity contribution >= 4 is 11.6 Å². The van der Waals surface area contributed by atoms with E-state index in [1.165, 1.54) is 30.4 Å². The summed E-state index contributed by atoms with van der Waals surface area (Å²) in [6.45, 7) is 5.58. The summed E-state index contributed by atoms with van der Waals surface area (Å²) >= 11 is 6.80. The van der Waals surface area contributed by atoms with Gasteiger partial charge in [0.15, 0.2) is 0 Å². The summed E-state index contributed by atoms with van der Waals surface area (Å²) in [6, 6.07) is 6.55.